The Hall–Kier alpha value is -1.33. The molecule has 0 spiro atoms. The van der Waals surface area contributed by atoms with Gasteiger partial charge in [0.05, 0.1) is 6.10 Å². The van der Waals surface area contributed by atoms with Gasteiger partial charge in [-0.3, -0.25) is 0 Å². The number of halogens is 3. The van der Waals surface area contributed by atoms with Crippen LogP contribution in [0.3, 0.4) is 0 Å². The van der Waals surface area contributed by atoms with Crippen molar-refractivity contribution in [2.24, 2.45) is 0 Å². The highest BCUT2D eigenvalue weighted by atomic mass is 32.1. The van der Waals surface area contributed by atoms with E-state index in [9.17, 15) is 18.3 Å². The van der Waals surface area contributed by atoms with Crippen LogP contribution >= 0.6 is 11.3 Å². The zero-order valence-corrected chi connectivity index (χ0v) is 9.48. The number of benzene rings is 1. The Morgan fingerprint density at radius 1 is 1.12 bits per heavy atom. The fraction of sp³-hybridized carbons (Fsp3) is 0.167. The van der Waals surface area contributed by atoms with E-state index in [1.165, 1.54) is 11.3 Å². The molecule has 1 atom stereocenters. The van der Waals surface area contributed by atoms with Crippen LogP contribution in [-0.2, 0) is 6.42 Å². The largest absolute Gasteiger partial charge is 0.388 e. The van der Waals surface area contributed by atoms with Gasteiger partial charge in [-0.25, -0.2) is 13.2 Å². The number of hydrogen-bond donors (Lipinski definition) is 1. The maximum absolute atomic E-state index is 13.4. The molecule has 1 aromatic carbocycles. The maximum Gasteiger partial charge on any atom is 0.194 e. The summed E-state index contributed by atoms with van der Waals surface area (Å²) in [5, 5.41) is 13.4. The minimum absolute atomic E-state index is 0.172. The van der Waals surface area contributed by atoms with Crippen molar-refractivity contribution in [1.82, 2.24) is 0 Å². The van der Waals surface area contributed by atoms with Crippen LogP contribution in [0.1, 0.15) is 17.2 Å². The van der Waals surface area contributed by atoms with Crippen molar-refractivity contribution in [3.8, 4) is 0 Å². The van der Waals surface area contributed by atoms with Gasteiger partial charge < -0.3 is 5.11 Å². The van der Waals surface area contributed by atoms with Crippen LogP contribution in [0.5, 0.6) is 0 Å². The van der Waals surface area contributed by atoms with Crippen molar-refractivity contribution in [3.05, 3.63) is 57.5 Å². The van der Waals surface area contributed by atoms with E-state index in [0.717, 1.165) is 17.7 Å². The molecule has 1 nitrogen and oxygen atoms in total. The van der Waals surface area contributed by atoms with Gasteiger partial charge in [-0.15, -0.1) is 0 Å². The molecule has 0 aliphatic heterocycles. The summed E-state index contributed by atoms with van der Waals surface area (Å²) in [5.41, 5.74) is 0.599. The molecule has 90 valence electrons. The summed E-state index contributed by atoms with van der Waals surface area (Å²) < 4.78 is 39.0. The second-order valence-electron chi connectivity index (χ2n) is 3.62. The zero-order chi connectivity index (χ0) is 12.4. The second kappa shape index (κ2) is 4.89. The van der Waals surface area contributed by atoms with Crippen LogP contribution in [-0.4, -0.2) is 5.11 Å². The molecule has 0 radical (unpaired) electrons. The van der Waals surface area contributed by atoms with E-state index in [2.05, 4.69) is 0 Å². The lowest BCUT2D eigenvalue weighted by atomic mass is 10.0. The third-order valence-corrected chi connectivity index (χ3v) is 3.17. The molecule has 0 bridgehead atoms. The standard InChI is InChI=1S/C12H9F3OS/c13-9-2-1-8(11(14)12(9)15)10(16)5-7-3-4-17-6-7/h1-4,6,10,16H,5H2. The molecular weight excluding hydrogens is 249 g/mol. The van der Waals surface area contributed by atoms with Gasteiger partial charge >= 0.3 is 0 Å². The van der Waals surface area contributed by atoms with Gasteiger partial charge in [-0.2, -0.15) is 11.3 Å². The number of rotatable bonds is 3. The van der Waals surface area contributed by atoms with Crippen molar-refractivity contribution in [2.45, 2.75) is 12.5 Å². The fourth-order valence-corrected chi connectivity index (χ4v) is 2.22. The van der Waals surface area contributed by atoms with E-state index in [-0.39, 0.29) is 12.0 Å². The van der Waals surface area contributed by atoms with Crippen molar-refractivity contribution in [2.75, 3.05) is 0 Å². The van der Waals surface area contributed by atoms with Crippen LogP contribution in [0.4, 0.5) is 13.2 Å². The molecule has 0 aliphatic carbocycles. The lowest BCUT2D eigenvalue weighted by Gasteiger charge is -2.11. The monoisotopic (exact) mass is 258 g/mol. The summed E-state index contributed by atoms with van der Waals surface area (Å²) in [5.74, 6) is -4.13. The molecule has 5 heteroatoms. The average Bonchev–Trinajstić information content (AvgIpc) is 2.78. The Labute approximate surface area is 100 Å². The summed E-state index contributed by atoms with van der Waals surface area (Å²) in [6.07, 6.45) is -1.01. The first-order valence-electron chi connectivity index (χ1n) is 4.92. The SMILES string of the molecule is OC(Cc1ccsc1)c1ccc(F)c(F)c1F. The van der Waals surface area contributed by atoms with E-state index >= 15 is 0 Å². The van der Waals surface area contributed by atoms with Crippen LogP contribution in [0.15, 0.2) is 29.0 Å². The highest BCUT2D eigenvalue weighted by Gasteiger charge is 2.19. The molecule has 2 rings (SSSR count). The van der Waals surface area contributed by atoms with Gasteiger partial charge in [-0.1, -0.05) is 6.07 Å². The van der Waals surface area contributed by atoms with Gasteiger partial charge in [0, 0.05) is 12.0 Å². The third-order valence-electron chi connectivity index (χ3n) is 2.43. The number of aliphatic hydroxyl groups is 1. The van der Waals surface area contributed by atoms with Crippen molar-refractivity contribution < 1.29 is 18.3 Å². The van der Waals surface area contributed by atoms with Crippen LogP contribution in [0, 0.1) is 17.5 Å². The van der Waals surface area contributed by atoms with E-state index in [1.807, 2.05) is 5.38 Å². The van der Waals surface area contributed by atoms with Crippen LogP contribution < -0.4 is 0 Å². The Balaban J connectivity index is 2.25. The van der Waals surface area contributed by atoms with Crippen molar-refractivity contribution >= 4 is 11.3 Å². The smallest absolute Gasteiger partial charge is 0.194 e. The molecule has 0 fully saturated rings. The molecular formula is C12H9F3OS. The third kappa shape index (κ3) is 2.50. The van der Waals surface area contributed by atoms with Gasteiger partial charge in [0.1, 0.15) is 0 Å². The Morgan fingerprint density at radius 2 is 1.88 bits per heavy atom. The Kier molecular flexibility index (Phi) is 3.49. The molecule has 1 heterocycles. The lowest BCUT2D eigenvalue weighted by Crippen LogP contribution is -2.06. The molecule has 0 amide bonds. The van der Waals surface area contributed by atoms with Crippen molar-refractivity contribution in [1.29, 1.82) is 0 Å². The minimum Gasteiger partial charge on any atom is -0.388 e. The van der Waals surface area contributed by atoms with Gasteiger partial charge in [0.2, 0.25) is 0 Å². The molecule has 0 saturated heterocycles. The number of hydrogen-bond acceptors (Lipinski definition) is 2. The van der Waals surface area contributed by atoms with E-state index < -0.39 is 23.6 Å². The number of thiophene rings is 1. The Bertz CT molecular complexity index is 511. The molecule has 17 heavy (non-hydrogen) atoms. The second-order valence-corrected chi connectivity index (χ2v) is 4.40. The normalized spacial score (nSPS) is 12.7. The van der Waals surface area contributed by atoms with Gasteiger partial charge in [0.15, 0.2) is 17.5 Å². The van der Waals surface area contributed by atoms with Crippen LogP contribution in [0.2, 0.25) is 0 Å². The molecule has 2 aromatic rings. The van der Waals surface area contributed by atoms with E-state index in [4.69, 9.17) is 0 Å². The predicted molar refractivity (Wildman–Crippen MR) is 59.3 cm³/mol. The quantitative estimate of drug-likeness (QED) is 0.836. The maximum atomic E-state index is 13.4. The summed E-state index contributed by atoms with van der Waals surface area (Å²) >= 11 is 1.45. The van der Waals surface area contributed by atoms with Crippen LogP contribution in [0.25, 0.3) is 0 Å². The summed E-state index contributed by atoms with van der Waals surface area (Å²) in [6.45, 7) is 0. The summed E-state index contributed by atoms with van der Waals surface area (Å²) in [7, 11) is 0. The molecule has 0 aliphatic rings. The van der Waals surface area contributed by atoms with Gasteiger partial charge in [0.25, 0.3) is 0 Å². The summed E-state index contributed by atoms with van der Waals surface area (Å²) in [4.78, 5) is 0. The molecule has 1 unspecified atom stereocenters. The highest BCUT2D eigenvalue weighted by molar-refractivity contribution is 7.07. The lowest BCUT2D eigenvalue weighted by molar-refractivity contribution is 0.172. The van der Waals surface area contributed by atoms with Gasteiger partial charge in [-0.05, 0) is 28.5 Å². The average molecular weight is 258 g/mol. The van der Waals surface area contributed by atoms with Crippen molar-refractivity contribution in [3.63, 3.8) is 0 Å². The first-order chi connectivity index (χ1) is 8.09. The van der Waals surface area contributed by atoms with E-state index in [0.29, 0.717) is 0 Å². The first-order valence-corrected chi connectivity index (χ1v) is 5.86. The molecule has 1 N–H and O–H groups in total. The topological polar surface area (TPSA) is 20.2 Å². The predicted octanol–water partition coefficient (Wildman–Crippen LogP) is 3.44. The molecule has 0 saturated carbocycles. The number of aliphatic hydroxyl groups excluding tert-OH is 1. The summed E-state index contributed by atoms with van der Waals surface area (Å²) in [6, 6.07) is 3.65. The molecule has 1 aromatic heterocycles. The minimum atomic E-state index is -1.55. The Morgan fingerprint density at radius 3 is 2.53 bits per heavy atom. The zero-order valence-electron chi connectivity index (χ0n) is 8.66. The first kappa shape index (κ1) is 12.1. The van der Waals surface area contributed by atoms with E-state index in [1.54, 1.807) is 11.4 Å². The fourth-order valence-electron chi connectivity index (χ4n) is 1.54. The highest BCUT2D eigenvalue weighted by Crippen LogP contribution is 2.24.